The molecular weight excluding hydrogens is 484 g/mol. The van der Waals surface area contributed by atoms with E-state index in [0.717, 1.165) is 23.1 Å². The minimum Gasteiger partial charge on any atom is -0.483 e. The Hall–Kier alpha value is -3.31. The van der Waals surface area contributed by atoms with Crippen molar-refractivity contribution < 1.29 is 14.3 Å². The quantitative estimate of drug-likeness (QED) is 0.301. The second-order valence-electron chi connectivity index (χ2n) is 9.65. The molecule has 0 saturated heterocycles. The first-order valence-corrected chi connectivity index (χ1v) is 13.3. The van der Waals surface area contributed by atoms with Crippen LogP contribution in [0.4, 0.5) is 0 Å². The maximum absolute atomic E-state index is 13.8. The average Bonchev–Trinajstić information content (AvgIpc) is 2.90. The third kappa shape index (κ3) is 8.36. The molecule has 1 N–H and O–H groups in total. The van der Waals surface area contributed by atoms with E-state index in [1.165, 1.54) is 0 Å². The molecule has 5 nitrogen and oxygen atoms in total. The standard InChI is InChI=1S/C31H37ClN2O3/c1-5-23(4)33-31(36)28(19-24-11-7-6-8-12-24)34(20-25-15-17-26(32)18-16-25)30(35)21-37-29-14-10-9-13-27(29)22(2)3/h6-18,22-23,28H,5,19-21H2,1-4H3,(H,33,36)/t23-,28-/m1/s1. The zero-order valence-corrected chi connectivity index (χ0v) is 22.9. The van der Waals surface area contributed by atoms with Gasteiger partial charge < -0.3 is 15.0 Å². The number of para-hydroxylation sites is 1. The molecule has 0 unspecified atom stereocenters. The SMILES string of the molecule is CC[C@@H](C)NC(=O)[C@@H](Cc1ccccc1)N(Cc1ccc(Cl)cc1)C(=O)COc1ccccc1C(C)C. The van der Waals surface area contributed by atoms with E-state index in [2.05, 4.69) is 19.2 Å². The molecule has 2 amide bonds. The van der Waals surface area contributed by atoms with Gasteiger partial charge >= 0.3 is 0 Å². The lowest BCUT2D eigenvalue weighted by Gasteiger charge is -2.32. The second kappa shape index (κ2) is 13.8. The molecule has 2 atom stereocenters. The Morgan fingerprint density at radius 2 is 1.54 bits per heavy atom. The highest BCUT2D eigenvalue weighted by molar-refractivity contribution is 6.30. The van der Waals surface area contributed by atoms with Crippen molar-refractivity contribution in [3.63, 3.8) is 0 Å². The molecule has 3 aromatic carbocycles. The van der Waals surface area contributed by atoms with E-state index >= 15 is 0 Å². The molecule has 0 saturated carbocycles. The van der Waals surface area contributed by atoms with Crippen molar-refractivity contribution in [1.29, 1.82) is 0 Å². The molecule has 0 aromatic heterocycles. The summed E-state index contributed by atoms with van der Waals surface area (Å²) in [7, 11) is 0. The van der Waals surface area contributed by atoms with Crippen LogP contribution in [0.1, 0.15) is 56.7 Å². The summed E-state index contributed by atoms with van der Waals surface area (Å²) in [5.74, 6) is 0.501. The molecule has 0 bridgehead atoms. The fraction of sp³-hybridized carbons (Fsp3) is 0.355. The summed E-state index contributed by atoms with van der Waals surface area (Å²) in [6, 6.07) is 24.1. The summed E-state index contributed by atoms with van der Waals surface area (Å²) in [5.41, 5.74) is 2.90. The van der Waals surface area contributed by atoms with Crippen molar-refractivity contribution in [3.8, 4) is 5.75 Å². The average molecular weight is 521 g/mol. The number of hydrogen-bond donors (Lipinski definition) is 1. The second-order valence-corrected chi connectivity index (χ2v) is 10.1. The van der Waals surface area contributed by atoms with Crippen LogP contribution in [0.5, 0.6) is 5.75 Å². The van der Waals surface area contributed by atoms with Gasteiger partial charge in [-0.15, -0.1) is 0 Å². The molecule has 3 aromatic rings. The van der Waals surface area contributed by atoms with Crippen LogP contribution in [0.2, 0.25) is 5.02 Å². The molecule has 196 valence electrons. The number of rotatable bonds is 12. The fourth-order valence-corrected chi connectivity index (χ4v) is 4.22. The minimum atomic E-state index is -0.705. The number of nitrogens with one attached hydrogen (secondary N) is 1. The molecule has 37 heavy (non-hydrogen) atoms. The minimum absolute atomic E-state index is 0.00701. The Balaban J connectivity index is 1.93. The van der Waals surface area contributed by atoms with E-state index in [-0.39, 0.29) is 36.9 Å². The van der Waals surface area contributed by atoms with E-state index in [1.807, 2.05) is 80.6 Å². The number of carbonyl (C=O) groups is 2. The van der Waals surface area contributed by atoms with E-state index in [9.17, 15) is 9.59 Å². The van der Waals surface area contributed by atoms with Crippen LogP contribution in [0.25, 0.3) is 0 Å². The number of hydrogen-bond acceptors (Lipinski definition) is 3. The van der Waals surface area contributed by atoms with Crippen molar-refractivity contribution in [3.05, 3.63) is 101 Å². The number of ether oxygens (including phenoxy) is 1. The Morgan fingerprint density at radius 3 is 2.19 bits per heavy atom. The van der Waals surface area contributed by atoms with E-state index in [1.54, 1.807) is 17.0 Å². The topological polar surface area (TPSA) is 58.6 Å². The van der Waals surface area contributed by atoms with Crippen molar-refractivity contribution in [1.82, 2.24) is 10.2 Å². The summed E-state index contributed by atoms with van der Waals surface area (Å²) in [6.45, 7) is 8.26. The van der Waals surface area contributed by atoms with Crippen LogP contribution >= 0.6 is 11.6 Å². The van der Waals surface area contributed by atoms with Gasteiger partial charge in [0.1, 0.15) is 11.8 Å². The maximum Gasteiger partial charge on any atom is 0.261 e. The molecule has 0 fully saturated rings. The molecular formula is C31H37ClN2O3. The Bertz CT molecular complexity index is 1150. The summed E-state index contributed by atoms with van der Waals surface area (Å²) in [6.07, 6.45) is 1.19. The zero-order valence-electron chi connectivity index (χ0n) is 22.1. The first-order valence-electron chi connectivity index (χ1n) is 12.9. The number of halogens is 1. The van der Waals surface area contributed by atoms with Crippen molar-refractivity contribution in [2.45, 2.75) is 65.1 Å². The molecule has 0 radical (unpaired) electrons. The summed E-state index contributed by atoms with van der Waals surface area (Å²) >= 11 is 6.10. The van der Waals surface area contributed by atoms with Crippen LogP contribution in [-0.4, -0.2) is 35.4 Å². The van der Waals surface area contributed by atoms with Crippen molar-refractivity contribution >= 4 is 23.4 Å². The predicted octanol–water partition coefficient (Wildman–Crippen LogP) is 6.40. The van der Waals surface area contributed by atoms with Gasteiger partial charge in [0.25, 0.3) is 5.91 Å². The number of benzene rings is 3. The molecule has 0 aliphatic carbocycles. The molecule has 6 heteroatoms. The molecule has 3 rings (SSSR count). The maximum atomic E-state index is 13.8. The number of carbonyl (C=O) groups excluding carboxylic acids is 2. The van der Waals surface area contributed by atoms with Gasteiger partial charge in [0, 0.05) is 24.0 Å². The molecule has 0 heterocycles. The molecule has 0 aliphatic rings. The third-order valence-corrected chi connectivity index (χ3v) is 6.68. The largest absolute Gasteiger partial charge is 0.483 e. The van der Waals surface area contributed by atoms with Gasteiger partial charge in [0.2, 0.25) is 5.91 Å². The van der Waals surface area contributed by atoms with Crippen molar-refractivity contribution in [2.24, 2.45) is 0 Å². The van der Waals surface area contributed by atoms with Crippen LogP contribution in [0.15, 0.2) is 78.9 Å². The number of nitrogens with zero attached hydrogens (tertiary/aromatic N) is 1. The lowest BCUT2D eigenvalue weighted by Crippen LogP contribution is -2.53. The lowest BCUT2D eigenvalue weighted by molar-refractivity contribution is -0.143. The highest BCUT2D eigenvalue weighted by atomic mass is 35.5. The first kappa shape index (κ1) is 28.3. The van der Waals surface area contributed by atoms with E-state index in [4.69, 9.17) is 16.3 Å². The van der Waals surface area contributed by atoms with E-state index < -0.39 is 6.04 Å². The summed E-state index contributed by atoms with van der Waals surface area (Å²) in [4.78, 5) is 28.9. The normalized spacial score (nSPS) is 12.6. The van der Waals surface area contributed by atoms with Gasteiger partial charge in [-0.1, -0.05) is 93.0 Å². The summed E-state index contributed by atoms with van der Waals surface area (Å²) < 4.78 is 6.04. The fourth-order valence-electron chi connectivity index (χ4n) is 4.09. The Morgan fingerprint density at radius 1 is 0.892 bits per heavy atom. The predicted molar refractivity (Wildman–Crippen MR) is 150 cm³/mol. The van der Waals surface area contributed by atoms with Gasteiger partial charge in [0.15, 0.2) is 6.61 Å². The lowest BCUT2D eigenvalue weighted by atomic mass is 10.0. The van der Waals surface area contributed by atoms with Gasteiger partial charge in [-0.2, -0.15) is 0 Å². The van der Waals surface area contributed by atoms with Gasteiger partial charge in [-0.05, 0) is 54.2 Å². The van der Waals surface area contributed by atoms with Crippen molar-refractivity contribution in [2.75, 3.05) is 6.61 Å². The van der Waals surface area contributed by atoms with Gasteiger partial charge in [0.05, 0.1) is 0 Å². The Labute approximate surface area is 225 Å². The Kier molecular flexibility index (Phi) is 10.6. The monoisotopic (exact) mass is 520 g/mol. The smallest absolute Gasteiger partial charge is 0.261 e. The van der Waals surface area contributed by atoms with Crippen LogP contribution in [0, 0.1) is 0 Å². The van der Waals surface area contributed by atoms with Crippen LogP contribution in [-0.2, 0) is 22.6 Å². The molecule has 0 aliphatic heterocycles. The van der Waals surface area contributed by atoms with Crippen LogP contribution < -0.4 is 10.1 Å². The zero-order chi connectivity index (χ0) is 26.8. The first-order chi connectivity index (χ1) is 17.8. The highest BCUT2D eigenvalue weighted by Crippen LogP contribution is 2.26. The van der Waals surface area contributed by atoms with E-state index in [0.29, 0.717) is 17.2 Å². The van der Waals surface area contributed by atoms with Crippen LogP contribution in [0.3, 0.4) is 0 Å². The highest BCUT2D eigenvalue weighted by Gasteiger charge is 2.31. The van der Waals surface area contributed by atoms with Gasteiger partial charge in [-0.3, -0.25) is 9.59 Å². The van der Waals surface area contributed by atoms with Gasteiger partial charge in [-0.25, -0.2) is 0 Å². The summed E-state index contributed by atoms with van der Waals surface area (Å²) in [5, 5.41) is 3.70. The molecule has 0 spiro atoms. The third-order valence-electron chi connectivity index (χ3n) is 6.43. The number of amides is 2.